The van der Waals surface area contributed by atoms with Crippen LogP contribution in [0.3, 0.4) is 0 Å². The van der Waals surface area contributed by atoms with Crippen molar-refractivity contribution >= 4 is 13.1 Å². The topological polar surface area (TPSA) is 29.5 Å². The van der Waals surface area contributed by atoms with Crippen LogP contribution < -0.4 is 0 Å². The fourth-order valence-corrected chi connectivity index (χ4v) is 2.75. The molecule has 108 valence electrons. The van der Waals surface area contributed by atoms with Crippen molar-refractivity contribution in [3.05, 3.63) is 11.5 Å². The Morgan fingerprint density at radius 1 is 1.42 bits per heavy atom. The first-order valence-corrected chi connectivity index (χ1v) is 6.48. The zero-order valence-corrected chi connectivity index (χ0v) is 11.3. The Labute approximate surface area is 110 Å². The quantitative estimate of drug-likeness (QED) is 0.687. The molecular formula is C12H18BF3NO2-. The van der Waals surface area contributed by atoms with Crippen LogP contribution in [0.15, 0.2) is 11.5 Å². The Bertz CT molecular complexity index is 414. The normalized spacial score (nSPS) is 29.2. The first-order valence-electron chi connectivity index (χ1n) is 6.48. The van der Waals surface area contributed by atoms with E-state index in [4.69, 9.17) is 4.74 Å². The van der Waals surface area contributed by atoms with Gasteiger partial charge in [0.25, 0.3) is 0 Å². The second-order valence-electron chi connectivity index (χ2n) is 6.21. The summed E-state index contributed by atoms with van der Waals surface area (Å²) in [6.07, 6.45) is 0.504. The van der Waals surface area contributed by atoms with Crippen LogP contribution in [-0.2, 0) is 4.74 Å². The van der Waals surface area contributed by atoms with Gasteiger partial charge in [-0.3, -0.25) is 0 Å². The molecule has 0 bridgehead atoms. The van der Waals surface area contributed by atoms with Gasteiger partial charge in [0.15, 0.2) is 0 Å². The molecule has 0 aromatic carbocycles. The average molecular weight is 276 g/mol. The van der Waals surface area contributed by atoms with Gasteiger partial charge in [0, 0.05) is 12.6 Å². The van der Waals surface area contributed by atoms with E-state index in [1.807, 2.05) is 0 Å². The number of hydrogen-bond donors (Lipinski definition) is 0. The van der Waals surface area contributed by atoms with E-state index in [2.05, 4.69) is 0 Å². The summed E-state index contributed by atoms with van der Waals surface area (Å²) in [5.41, 5.74) is -0.143. The molecule has 1 heterocycles. The highest BCUT2D eigenvalue weighted by atomic mass is 19.4. The summed E-state index contributed by atoms with van der Waals surface area (Å²) in [5, 5.41) is 0. The lowest BCUT2D eigenvalue weighted by molar-refractivity contribution is 0.0182. The molecule has 0 spiro atoms. The summed E-state index contributed by atoms with van der Waals surface area (Å²) in [4.78, 5) is 13.5. The van der Waals surface area contributed by atoms with Crippen molar-refractivity contribution in [2.75, 3.05) is 6.54 Å². The van der Waals surface area contributed by atoms with Crippen LogP contribution in [0.25, 0.3) is 0 Å². The van der Waals surface area contributed by atoms with E-state index >= 15 is 0 Å². The second-order valence-corrected chi connectivity index (χ2v) is 6.21. The van der Waals surface area contributed by atoms with Crippen molar-refractivity contribution in [3.8, 4) is 0 Å². The fourth-order valence-electron chi connectivity index (χ4n) is 2.75. The number of halogens is 3. The number of nitrogens with zero attached hydrogens (tertiary/aromatic N) is 1. The standard InChI is InChI=1S/C12H18BF3NO2/c1-12(2,3)19-11(18)17-5-4-9-8(6-10(9)17)7-13(14,15)16/h7,9-10H,4-6H2,1-3H3/q-1/b8-7-. The third-order valence-corrected chi connectivity index (χ3v) is 3.50. The lowest BCUT2D eigenvalue weighted by Gasteiger charge is -2.40. The number of hydrogen-bond acceptors (Lipinski definition) is 2. The van der Waals surface area contributed by atoms with E-state index in [-0.39, 0.29) is 12.0 Å². The van der Waals surface area contributed by atoms with Gasteiger partial charge in [0.2, 0.25) is 0 Å². The van der Waals surface area contributed by atoms with E-state index in [0.717, 1.165) is 0 Å². The van der Waals surface area contributed by atoms with Crippen molar-refractivity contribution < 1.29 is 22.5 Å². The minimum Gasteiger partial charge on any atom is -0.445 e. The molecule has 0 aromatic heterocycles. The number of carbonyl (C=O) groups excluding carboxylic acids is 1. The second kappa shape index (κ2) is 4.46. The Kier molecular flexibility index (Phi) is 3.35. The molecular weight excluding hydrogens is 258 g/mol. The molecule has 1 saturated carbocycles. The Balaban J connectivity index is 1.98. The molecule has 1 aliphatic carbocycles. The predicted molar refractivity (Wildman–Crippen MR) is 66.6 cm³/mol. The molecule has 19 heavy (non-hydrogen) atoms. The van der Waals surface area contributed by atoms with Gasteiger partial charge in [0.05, 0.1) is 0 Å². The first kappa shape index (κ1) is 14.3. The lowest BCUT2D eigenvalue weighted by Crippen LogP contribution is -2.46. The summed E-state index contributed by atoms with van der Waals surface area (Å²) < 4.78 is 42.3. The zero-order valence-electron chi connectivity index (χ0n) is 11.3. The summed E-state index contributed by atoms with van der Waals surface area (Å²) in [5.74, 6) is 0.316. The number of fused-ring (bicyclic) bond motifs is 1. The maximum Gasteiger partial charge on any atom is 0.502 e. The van der Waals surface area contributed by atoms with Gasteiger partial charge in [-0.25, -0.2) is 4.79 Å². The molecule has 1 amide bonds. The number of carbonyl (C=O) groups is 1. The first-order chi connectivity index (χ1) is 8.57. The minimum atomic E-state index is -4.88. The smallest absolute Gasteiger partial charge is 0.445 e. The van der Waals surface area contributed by atoms with Crippen LogP contribution in [0.1, 0.15) is 33.6 Å². The number of likely N-dealkylation sites (tertiary alicyclic amines) is 1. The molecule has 2 atom stereocenters. The van der Waals surface area contributed by atoms with E-state index in [1.54, 1.807) is 25.7 Å². The highest BCUT2D eigenvalue weighted by Crippen LogP contribution is 2.46. The van der Waals surface area contributed by atoms with Gasteiger partial charge in [-0.15, -0.1) is 5.98 Å². The highest BCUT2D eigenvalue weighted by molar-refractivity contribution is 6.64. The predicted octanol–water partition coefficient (Wildman–Crippen LogP) is 3.33. The average Bonchev–Trinajstić information content (AvgIpc) is 2.48. The van der Waals surface area contributed by atoms with Crippen molar-refractivity contribution in [3.63, 3.8) is 0 Å². The van der Waals surface area contributed by atoms with Crippen molar-refractivity contribution in [2.24, 2.45) is 5.92 Å². The molecule has 0 N–H and O–H groups in total. The summed E-state index contributed by atoms with van der Waals surface area (Å²) >= 11 is 0. The van der Waals surface area contributed by atoms with Crippen LogP contribution in [-0.4, -0.2) is 36.2 Å². The molecule has 3 nitrogen and oxygen atoms in total. The number of ether oxygens (including phenoxy) is 1. The summed E-state index contributed by atoms with van der Waals surface area (Å²) in [6.45, 7) is 0.922. The summed E-state index contributed by atoms with van der Waals surface area (Å²) in [6, 6.07) is -0.112. The molecule has 1 aliphatic heterocycles. The van der Waals surface area contributed by atoms with E-state index in [0.29, 0.717) is 30.9 Å². The molecule has 1 saturated heterocycles. The monoisotopic (exact) mass is 276 g/mol. The third-order valence-electron chi connectivity index (χ3n) is 3.50. The van der Waals surface area contributed by atoms with Crippen LogP contribution in [0.2, 0.25) is 0 Å². The van der Waals surface area contributed by atoms with Crippen molar-refractivity contribution in [1.82, 2.24) is 4.90 Å². The van der Waals surface area contributed by atoms with Gasteiger partial charge in [-0.1, -0.05) is 5.57 Å². The van der Waals surface area contributed by atoms with Gasteiger partial charge in [0.1, 0.15) is 5.60 Å². The largest absolute Gasteiger partial charge is 0.502 e. The maximum absolute atomic E-state index is 12.3. The van der Waals surface area contributed by atoms with Crippen LogP contribution in [0, 0.1) is 5.92 Å². The molecule has 2 unspecified atom stereocenters. The molecule has 0 radical (unpaired) electrons. The van der Waals surface area contributed by atoms with Gasteiger partial charge in [-0.2, -0.15) is 0 Å². The Hall–Kier alpha value is -1.14. The Morgan fingerprint density at radius 2 is 2.05 bits per heavy atom. The van der Waals surface area contributed by atoms with E-state index < -0.39 is 18.7 Å². The maximum atomic E-state index is 12.3. The lowest BCUT2D eigenvalue weighted by atomic mass is 9.70. The van der Waals surface area contributed by atoms with Crippen LogP contribution in [0.4, 0.5) is 17.7 Å². The molecule has 2 rings (SSSR count). The minimum absolute atomic E-state index is 0.112. The molecule has 0 aromatic rings. The van der Waals surface area contributed by atoms with Gasteiger partial charge >= 0.3 is 13.1 Å². The molecule has 7 heteroatoms. The van der Waals surface area contributed by atoms with Crippen molar-refractivity contribution in [2.45, 2.75) is 45.3 Å². The van der Waals surface area contributed by atoms with Crippen LogP contribution in [0.5, 0.6) is 0 Å². The van der Waals surface area contributed by atoms with Gasteiger partial charge in [-0.05, 0) is 39.5 Å². The number of amides is 1. The third kappa shape index (κ3) is 3.25. The molecule has 2 fully saturated rings. The van der Waals surface area contributed by atoms with Gasteiger partial charge < -0.3 is 22.6 Å². The fraction of sp³-hybridized carbons (Fsp3) is 0.750. The highest BCUT2D eigenvalue weighted by Gasteiger charge is 2.47. The van der Waals surface area contributed by atoms with E-state index in [9.17, 15) is 17.7 Å². The summed E-state index contributed by atoms with van der Waals surface area (Å²) in [7, 11) is 0. The van der Waals surface area contributed by atoms with Crippen molar-refractivity contribution in [1.29, 1.82) is 0 Å². The van der Waals surface area contributed by atoms with Crippen LogP contribution >= 0.6 is 0 Å². The zero-order chi connectivity index (χ0) is 14.4. The number of rotatable bonds is 1. The van der Waals surface area contributed by atoms with E-state index in [1.165, 1.54) is 0 Å². The SMILES string of the molecule is CC(C)(C)OC(=O)N1CCC2/C(=C\[B-](F)(F)F)CC21. The Morgan fingerprint density at radius 3 is 2.58 bits per heavy atom. The molecule has 2 aliphatic rings.